The Labute approximate surface area is 119 Å². The third-order valence-corrected chi connectivity index (χ3v) is 3.30. The van der Waals surface area contributed by atoms with E-state index in [0.717, 1.165) is 5.52 Å². The predicted molar refractivity (Wildman–Crippen MR) is 72.3 cm³/mol. The number of hydrogen-bond donors (Lipinski definition) is 1. The van der Waals surface area contributed by atoms with Crippen molar-refractivity contribution in [3.63, 3.8) is 0 Å². The SMILES string of the molecule is CCn1nnc2cc(C(=O)N3CC(=O)NC(=O)C3)ccc21. The van der Waals surface area contributed by atoms with Crippen molar-refractivity contribution < 1.29 is 14.4 Å². The molecule has 1 fully saturated rings. The van der Waals surface area contributed by atoms with E-state index in [1.165, 1.54) is 4.90 Å². The average molecular weight is 287 g/mol. The summed E-state index contributed by atoms with van der Waals surface area (Å²) in [4.78, 5) is 36.2. The Morgan fingerprint density at radius 2 is 2.00 bits per heavy atom. The first-order valence-corrected chi connectivity index (χ1v) is 6.53. The number of aryl methyl sites for hydroxylation is 1. The monoisotopic (exact) mass is 287 g/mol. The first-order chi connectivity index (χ1) is 10.1. The van der Waals surface area contributed by atoms with E-state index >= 15 is 0 Å². The summed E-state index contributed by atoms with van der Waals surface area (Å²) in [5.41, 5.74) is 1.82. The summed E-state index contributed by atoms with van der Waals surface area (Å²) in [6.45, 7) is 2.39. The molecule has 1 aromatic carbocycles. The molecule has 0 unspecified atom stereocenters. The second kappa shape index (κ2) is 4.97. The summed E-state index contributed by atoms with van der Waals surface area (Å²) < 4.78 is 1.72. The largest absolute Gasteiger partial charge is 0.320 e. The van der Waals surface area contributed by atoms with E-state index in [1.54, 1.807) is 22.9 Å². The van der Waals surface area contributed by atoms with Gasteiger partial charge in [-0.15, -0.1) is 5.10 Å². The molecule has 1 N–H and O–H groups in total. The molecule has 3 rings (SSSR count). The van der Waals surface area contributed by atoms with Gasteiger partial charge in [-0.25, -0.2) is 4.68 Å². The number of nitrogens with one attached hydrogen (secondary N) is 1. The maximum Gasteiger partial charge on any atom is 0.254 e. The molecule has 0 atom stereocenters. The van der Waals surface area contributed by atoms with Crippen molar-refractivity contribution >= 4 is 28.8 Å². The lowest BCUT2D eigenvalue weighted by molar-refractivity contribution is -0.135. The Hall–Kier alpha value is -2.77. The van der Waals surface area contributed by atoms with E-state index < -0.39 is 11.8 Å². The molecule has 3 amide bonds. The second-order valence-corrected chi connectivity index (χ2v) is 4.74. The highest BCUT2D eigenvalue weighted by molar-refractivity contribution is 6.06. The van der Waals surface area contributed by atoms with Gasteiger partial charge in [0.2, 0.25) is 11.8 Å². The smallest absolute Gasteiger partial charge is 0.254 e. The lowest BCUT2D eigenvalue weighted by Gasteiger charge is -2.25. The highest BCUT2D eigenvalue weighted by Gasteiger charge is 2.27. The van der Waals surface area contributed by atoms with Gasteiger partial charge in [0.05, 0.1) is 5.52 Å². The molecular formula is C13H13N5O3. The number of nitrogens with zero attached hydrogens (tertiary/aromatic N) is 4. The zero-order valence-electron chi connectivity index (χ0n) is 11.4. The Bertz CT molecular complexity index is 735. The fraction of sp³-hybridized carbons (Fsp3) is 0.308. The molecule has 0 bridgehead atoms. The van der Waals surface area contributed by atoms with Crippen LogP contribution < -0.4 is 5.32 Å². The first-order valence-electron chi connectivity index (χ1n) is 6.53. The normalized spacial score (nSPS) is 15.4. The van der Waals surface area contributed by atoms with Gasteiger partial charge in [0, 0.05) is 12.1 Å². The molecule has 0 aliphatic carbocycles. The number of benzene rings is 1. The predicted octanol–water partition coefficient (Wildman–Crippen LogP) is -0.450. The maximum absolute atomic E-state index is 12.3. The Morgan fingerprint density at radius 3 is 2.67 bits per heavy atom. The summed E-state index contributed by atoms with van der Waals surface area (Å²) in [5.74, 6) is -1.32. The molecule has 2 aromatic rings. The third kappa shape index (κ3) is 2.35. The van der Waals surface area contributed by atoms with E-state index in [2.05, 4.69) is 15.6 Å². The Morgan fingerprint density at radius 1 is 1.29 bits per heavy atom. The molecule has 108 valence electrons. The van der Waals surface area contributed by atoms with Crippen LogP contribution in [0.2, 0.25) is 0 Å². The number of aromatic nitrogens is 3. The standard InChI is InChI=1S/C13H13N5O3/c1-2-18-10-4-3-8(5-9(10)15-16-18)13(21)17-6-11(19)14-12(20)7-17/h3-5H,2,6-7H2,1H3,(H,14,19,20). The van der Waals surface area contributed by atoms with E-state index in [1.807, 2.05) is 6.92 Å². The molecule has 8 nitrogen and oxygen atoms in total. The first kappa shape index (κ1) is 13.2. The third-order valence-electron chi connectivity index (χ3n) is 3.30. The highest BCUT2D eigenvalue weighted by Crippen LogP contribution is 2.15. The minimum Gasteiger partial charge on any atom is -0.320 e. The van der Waals surface area contributed by atoms with Crippen LogP contribution in [0, 0.1) is 0 Å². The van der Waals surface area contributed by atoms with Crippen LogP contribution in [-0.4, -0.2) is 50.7 Å². The Balaban J connectivity index is 1.91. The fourth-order valence-corrected chi connectivity index (χ4v) is 2.30. The minimum atomic E-state index is -0.474. The summed E-state index contributed by atoms with van der Waals surface area (Å²) >= 11 is 0. The number of piperazine rings is 1. The van der Waals surface area contributed by atoms with Gasteiger partial charge >= 0.3 is 0 Å². The summed E-state index contributed by atoms with van der Waals surface area (Å²) in [6, 6.07) is 5.03. The molecule has 0 radical (unpaired) electrons. The van der Waals surface area contributed by atoms with Gasteiger partial charge < -0.3 is 4.90 Å². The molecule has 1 aliphatic rings. The van der Waals surface area contributed by atoms with Gasteiger partial charge in [0.15, 0.2) is 0 Å². The quantitative estimate of drug-likeness (QED) is 0.754. The van der Waals surface area contributed by atoms with Crippen LogP contribution in [0.3, 0.4) is 0 Å². The number of carbonyl (C=O) groups excluding carboxylic acids is 3. The molecule has 21 heavy (non-hydrogen) atoms. The van der Waals surface area contributed by atoms with Gasteiger partial charge in [-0.3, -0.25) is 19.7 Å². The molecule has 1 aliphatic heterocycles. The van der Waals surface area contributed by atoms with Crippen molar-refractivity contribution in [2.45, 2.75) is 13.5 Å². The van der Waals surface area contributed by atoms with E-state index in [-0.39, 0.29) is 19.0 Å². The Kier molecular flexibility index (Phi) is 3.13. The van der Waals surface area contributed by atoms with Gasteiger partial charge in [-0.05, 0) is 25.1 Å². The lowest BCUT2D eigenvalue weighted by atomic mass is 10.1. The van der Waals surface area contributed by atoms with Crippen molar-refractivity contribution in [3.8, 4) is 0 Å². The number of carbonyl (C=O) groups is 3. The van der Waals surface area contributed by atoms with E-state index in [0.29, 0.717) is 17.6 Å². The van der Waals surface area contributed by atoms with Crippen molar-refractivity contribution in [2.24, 2.45) is 0 Å². The number of rotatable bonds is 2. The molecule has 0 saturated carbocycles. The van der Waals surface area contributed by atoms with Crippen LogP contribution in [-0.2, 0) is 16.1 Å². The van der Waals surface area contributed by atoms with Crippen LogP contribution in [0.25, 0.3) is 11.0 Å². The van der Waals surface area contributed by atoms with Crippen LogP contribution in [0.5, 0.6) is 0 Å². The van der Waals surface area contributed by atoms with Crippen molar-refractivity contribution in [3.05, 3.63) is 23.8 Å². The van der Waals surface area contributed by atoms with Gasteiger partial charge in [0.25, 0.3) is 5.91 Å². The van der Waals surface area contributed by atoms with Crippen LogP contribution in [0.1, 0.15) is 17.3 Å². The molecule has 0 spiro atoms. The highest BCUT2D eigenvalue weighted by atomic mass is 16.2. The lowest BCUT2D eigenvalue weighted by Crippen LogP contribution is -2.53. The van der Waals surface area contributed by atoms with Crippen molar-refractivity contribution in [1.82, 2.24) is 25.2 Å². The molecule has 2 heterocycles. The second-order valence-electron chi connectivity index (χ2n) is 4.74. The van der Waals surface area contributed by atoms with E-state index in [9.17, 15) is 14.4 Å². The zero-order chi connectivity index (χ0) is 15.0. The summed E-state index contributed by atoms with van der Waals surface area (Å²) in [5, 5.41) is 10.1. The number of hydrogen-bond acceptors (Lipinski definition) is 5. The number of fused-ring (bicyclic) bond motifs is 1. The number of amides is 3. The number of imide groups is 1. The van der Waals surface area contributed by atoms with Gasteiger partial charge in [-0.2, -0.15) is 0 Å². The van der Waals surface area contributed by atoms with Crippen molar-refractivity contribution in [2.75, 3.05) is 13.1 Å². The van der Waals surface area contributed by atoms with Crippen molar-refractivity contribution in [1.29, 1.82) is 0 Å². The van der Waals surface area contributed by atoms with Gasteiger partial charge in [0.1, 0.15) is 18.6 Å². The topological polar surface area (TPSA) is 97.2 Å². The van der Waals surface area contributed by atoms with E-state index in [4.69, 9.17) is 0 Å². The zero-order valence-corrected chi connectivity index (χ0v) is 11.4. The maximum atomic E-state index is 12.3. The van der Waals surface area contributed by atoms with Crippen LogP contribution >= 0.6 is 0 Å². The minimum absolute atomic E-state index is 0.121. The molecule has 1 saturated heterocycles. The van der Waals surface area contributed by atoms with Gasteiger partial charge in [-0.1, -0.05) is 5.21 Å². The summed E-state index contributed by atoms with van der Waals surface area (Å²) in [6.07, 6.45) is 0. The molecular weight excluding hydrogens is 274 g/mol. The summed E-state index contributed by atoms with van der Waals surface area (Å²) in [7, 11) is 0. The average Bonchev–Trinajstić information content (AvgIpc) is 2.87. The molecule has 1 aromatic heterocycles. The molecule has 8 heteroatoms. The van der Waals surface area contributed by atoms with Crippen LogP contribution in [0.4, 0.5) is 0 Å². The van der Waals surface area contributed by atoms with Crippen LogP contribution in [0.15, 0.2) is 18.2 Å². The fourth-order valence-electron chi connectivity index (χ4n) is 2.30.